The smallest absolute Gasteiger partial charge is 0.313 e. The first-order chi connectivity index (χ1) is 11.0. The number of tetrazole rings is 1. The molecule has 3 heterocycles. The third-order valence-corrected chi connectivity index (χ3v) is 6.91. The highest BCUT2D eigenvalue weighted by Gasteiger charge is 2.55. The minimum absolute atomic E-state index is 0.0922. The van der Waals surface area contributed by atoms with Gasteiger partial charge in [-0.3, -0.25) is 9.59 Å². The van der Waals surface area contributed by atoms with E-state index >= 15 is 0 Å². The lowest BCUT2D eigenvalue weighted by Crippen LogP contribution is -2.72. The first kappa shape index (κ1) is 16.5. The number of aliphatic carboxylic acids is 1. The lowest BCUT2D eigenvalue weighted by Gasteiger charge is -2.52. The van der Waals surface area contributed by atoms with Crippen LogP contribution >= 0.6 is 23.5 Å². The van der Waals surface area contributed by atoms with Gasteiger partial charge >= 0.3 is 5.97 Å². The van der Waals surface area contributed by atoms with Gasteiger partial charge in [0, 0.05) is 24.6 Å². The van der Waals surface area contributed by atoms with Crippen LogP contribution in [-0.4, -0.2) is 71.6 Å². The number of carboxylic acids is 1. The molecule has 2 aliphatic rings. The van der Waals surface area contributed by atoms with Gasteiger partial charge in [0.25, 0.3) is 0 Å². The molecule has 0 aliphatic carbocycles. The molecule has 2 aliphatic heterocycles. The van der Waals surface area contributed by atoms with Gasteiger partial charge in [0.05, 0.1) is 0 Å². The molecule has 0 spiro atoms. The molecule has 2 saturated heterocycles. The fourth-order valence-electron chi connectivity index (χ4n) is 2.66. The van der Waals surface area contributed by atoms with E-state index in [2.05, 4.69) is 15.5 Å². The average Bonchev–Trinajstić information content (AvgIpc) is 2.99. The van der Waals surface area contributed by atoms with Crippen molar-refractivity contribution in [1.82, 2.24) is 25.1 Å². The summed E-state index contributed by atoms with van der Waals surface area (Å²) in [5.74, 6) is -0.342. The van der Waals surface area contributed by atoms with Crippen LogP contribution in [0.3, 0.4) is 0 Å². The predicted molar refractivity (Wildman–Crippen MR) is 84.8 cm³/mol. The number of aryl methyl sites for hydroxylation is 1. The molecule has 0 radical (unpaired) electrons. The van der Waals surface area contributed by atoms with Gasteiger partial charge in [-0.1, -0.05) is 18.7 Å². The summed E-state index contributed by atoms with van der Waals surface area (Å²) in [5, 5.41) is 21.7. The zero-order chi connectivity index (χ0) is 16.6. The number of nitrogens with zero attached hydrogens (tertiary/aromatic N) is 5. The van der Waals surface area contributed by atoms with E-state index in [1.54, 1.807) is 9.58 Å². The maximum atomic E-state index is 11.9. The maximum Gasteiger partial charge on any atom is 0.313 e. The fourth-order valence-corrected chi connectivity index (χ4v) is 5.37. The Morgan fingerprint density at radius 2 is 2.39 bits per heavy atom. The lowest BCUT2D eigenvalue weighted by molar-refractivity contribution is -0.155. The van der Waals surface area contributed by atoms with E-state index in [1.165, 1.54) is 23.5 Å². The number of fused-ring (bicyclic) bond motifs is 1. The number of hydrogen-bond acceptors (Lipinski definition) is 8. The highest BCUT2D eigenvalue weighted by Crippen LogP contribution is 2.43. The summed E-state index contributed by atoms with van der Waals surface area (Å²) < 4.78 is 1.67. The van der Waals surface area contributed by atoms with Crippen LogP contribution in [0.1, 0.15) is 13.3 Å². The Morgan fingerprint density at radius 3 is 3.09 bits per heavy atom. The molecule has 3 atom stereocenters. The quantitative estimate of drug-likeness (QED) is 0.510. The van der Waals surface area contributed by atoms with Crippen molar-refractivity contribution >= 4 is 35.4 Å². The fraction of sp³-hybridized carbons (Fsp3) is 0.750. The molecule has 9 nitrogen and oxygen atoms in total. The molecular formula is C12H18N6O3S2. The van der Waals surface area contributed by atoms with Crippen LogP contribution in [0.25, 0.3) is 0 Å². The molecule has 3 rings (SSSR count). The van der Waals surface area contributed by atoms with Crippen LogP contribution < -0.4 is 5.73 Å². The number of carbonyl (C=O) groups excluding carboxylic acids is 1. The molecule has 23 heavy (non-hydrogen) atoms. The van der Waals surface area contributed by atoms with E-state index < -0.39 is 17.4 Å². The molecule has 0 saturated carbocycles. The van der Waals surface area contributed by atoms with Gasteiger partial charge < -0.3 is 15.7 Å². The molecule has 2 fully saturated rings. The zero-order valence-electron chi connectivity index (χ0n) is 12.6. The van der Waals surface area contributed by atoms with Crippen molar-refractivity contribution in [2.45, 2.75) is 36.5 Å². The SMILES string of the molecule is CCCn1nnnc1SCC1(C(=O)O)CS[C@@H]2C(N)C(=O)N2C1. The van der Waals surface area contributed by atoms with Crippen molar-refractivity contribution in [3.8, 4) is 0 Å². The molecule has 0 bridgehead atoms. The van der Waals surface area contributed by atoms with Crippen LogP contribution in [0.15, 0.2) is 5.16 Å². The number of amides is 1. The first-order valence-corrected chi connectivity index (χ1v) is 9.32. The van der Waals surface area contributed by atoms with Crippen LogP contribution in [0, 0.1) is 5.41 Å². The highest BCUT2D eigenvalue weighted by molar-refractivity contribution is 8.00. The Kier molecular flexibility index (Phi) is 4.52. The molecule has 0 aromatic carbocycles. The molecular weight excluding hydrogens is 340 g/mol. The van der Waals surface area contributed by atoms with Gasteiger partial charge in [0.1, 0.15) is 16.8 Å². The van der Waals surface area contributed by atoms with E-state index in [-0.39, 0.29) is 17.8 Å². The number of thioether (sulfide) groups is 2. The van der Waals surface area contributed by atoms with Gasteiger partial charge in [0.15, 0.2) is 0 Å². The predicted octanol–water partition coefficient (Wildman–Crippen LogP) is -0.511. The van der Waals surface area contributed by atoms with E-state index in [9.17, 15) is 14.7 Å². The van der Waals surface area contributed by atoms with Gasteiger partial charge in [-0.05, 0) is 16.8 Å². The second kappa shape index (κ2) is 6.29. The Labute approximate surface area is 141 Å². The van der Waals surface area contributed by atoms with Crippen LogP contribution in [-0.2, 0) is 16.1 Å². The van der Waals surface area contributed by atoms with Crippen molar-refractivity contribution in [3.63, 3.8) is 0 Å². The van der Waals surface area contributed by atoms with Gasteiger partial charge in [-0.15, -0.1) is 16.9 Å². The van der Waals surface area contributed by atoms with Gasteiger partial charge in [-0.2, -0.15) is 0 Å². The molecule has 1 aromatic heterocycles. The summed E-state index contributed by atoms with van der Waals surface area (Å²) >= 11 is 2.76. The number of rotatable bonds is 6. The summed E-state index contributed by atoms with van der Waals surface area (Å²) in [4.78, 5) is 25.3. The molecule has 3 N–H and O–H groups in total. The standard InChI is InChI=1S/C12H18N6O3S2/c1-2-3-18-11(14-15-16-18)23-6-12(10(20)21)4-17-8(19)7(13)9(17)22-5-12/h7,9H,2-6,13H2,1H3,(H,20,21)/t7?,9-,12?/m1/s1. The van der Waals surface area contributed by atoms with Crippen molar-refractivity contribution < 1.29 is 14.7 Å². The molecule has 1 amide bonds. The molecule has 2 unspecified atom stereocenters. The van der Waals surface area contributed by atoms with E-state index in [4.69, 9.17) is 5.73 Å². The molecule has 1 aromatic rings. The van der Waals surface area contributed by atoms with Crippen molar-refractivity contribution in [2.24, 2.45) is 11.1 Å². The number of nitrogens with two attached hydrogens (primary N) is 1. The number of carboxylic acid groups (broad SMARTS) is 1. The van der Waals surface area contributed by atoms with Gasteiger partial charge in [0.2, 0.25) is 11.1 Å². The number of aromatic nitrogens is 4. The van der Waals surface area contributed by atoms with E-state index in [1.807, 2.05) is 6.92 Å². The minimum Gasteiger partial charge on any atom is -0.481 e. The normalized spacial score (nSPS) is 30.0. The van der Waals surface area contributed by atoms with E-state index in [0.29, 0.717) is 23.2 Å². The highest BCUT2D eigenvalue weighted by atomic mass is 32.2. The molecule has 126 valence electrons. The summed E-state index contributed by atoms with van der Waals surface area (Å²) in [6.07, 6.45) is 0.889. The van der Waals surface area contributed by atoms with Gasteiger partial charge in [-0.25, -0.2) is 4.68 Å². The third kappa shape index (κ3) is 2.81. The summed E-state index contributed by atoms with van der Waals surface area (Å²) in [6.45, 7) is 2.89. The number of hydrogen-bond donors (Lipinski definition) is 2. The Bertz CT molecular complexity index is 626. The van der Waals surface area contributed by atoms with Crippen LogP contribution in [0.4, 0.5) is 0 Å². The minimum atomic E-state index is -1.01. The molecule has 11 heteroatoms. The largest absolute Gasteiger partial charge is 0.481 e. The zero-order valence-corrected chi connectivity index (χ0v) is 14.2. The number of carbonyl (C=O) groups is 2. The maximum absolute atomic E-state index is 11.9. The van der Waals surface area contributed by atoms with Crippen LogP contribution in [0.2, 0.25) is 0 Å². The third-order valence-electron chi connectivity index (χ3n) is 4.05. The lowest BCUT2D eigenvalue weighted by atomic mass is 9.89. The van der Waals surface area contributed by atoms with Crippen LogP contribution in [0.5, 0.6) is 0 Å². The van der Waals surface area contributed by atoms with E-state index in [0.717, 1.165) is 6.42 Å². The Balaban J connectivity index is 1.71. The van der Waals surface area contributed by atoms with Crippen molar-refractivity contribution in [1.29, 1.82) is 0 Å². The second-order valence-electron chi connectivity index (χ2n) is 5.75. The van der Waals surface area contributed by atoms with Crippen molar-refractivity contribution in [3.05, 3.63) is 0 Å². The summed E-state index contributed by atoms with van der Waals surface area (Å²) in [6, 6.07) is -0.503. The first-order valence-electron chi connectivity index (χ1n) is 7.28. The monoisotopic (exact) mass is 358 g/mol. The number of β-lactam (4-membered cyclic amide) rings is 1. The average molecular weight is 358 g/mol. The second-order valence-corrected chi connectivity index (χ2v) is 7.80. The Morgan fingerprint density at radius 1 is 1.61 bits per heavy atom. The van der Waals surface area contributed by atoms with Crippen molar-refractivity contribution in [2.75, 3.05) is 18.1 Å². The topological polar surface area (TPSA) is 127 Å². The Hall–Kier alpha value is -1.33. The summed E-state index contributed by atoms with van der Waals surface area (Å²) in [7, 11) is 0. The summed E-state index contributed by atoms with van der Waals surface area (Å²) in [5.41, 5.74) is 4.74.